The average Bonchev–Trinajstić information content (AvgIpc) is 2.94. The van der Waals surface area contributed by atoms with Crippen LogP contribution in [0.1, 0.15) is 11.4 Å². The van der Waals surface area contributed by atoms with Gasteiger partial charge < -0.3 is 4.57 Å². The van der Waals surface area contributed by atoms with Gasteiger partial charge >= 0.3 is 0 Å². The van der Waals surface area contributed by atoms with Crippen molar-refractivity contribution in [2.24, 2.45) is 0 Å². The molecular formula is C12H12Cl2N4O2S. The molecule has 21 heavy (non-hydrogen) atoms. The Balaban J connectivity index is 1.94. The Morgan fingerprint density at radius 2 is 2.10 bits per heavy atom. The summed E-state index contributed by atoms with van der Waals surface area (Å²) >= 11 is 11.7. The lowest BCUT2D eigenvalue weighted by Crippen LogP contribution is -2.38. The standard InChI is InChI=1S/C12H12Cl2N4O2S/c13-6-9-5-10(1-2-11(9)14)21(19,20)18-4-3-17-8-15-16-12(17)7-18/h1-2,5,8H,3-4,6-7H2. The lowest BCUT2D eigenvalue weighted by molar-refractivity contribution is 0.335. The quantitative estimate of drug-likeness (QED) is 0.795. The SMILES string of the molecule is O=S(=O)(c1ccc(Cl)c(CCl)c1)N1CCn2cnnc2C1. The fraction of sp³-hybridized carbons (Fsp3) is 0.333. The molecule has 0 spiro atoms. The normalized spacial score (nSPS) is 15.9. The molecule has 9 heteroatoms. The number of nitrogens with zero attached hydrogens (tertiary/aromatic N) is 4. The highest BCUT2D eigenvalue weighted by molar-refractivity contribution is 7.89. The summed E-state index contributed by atoms with van der Waals surface area (Å²) in [6.45, 7) is 1.13. The molecule has 0 saturated carbocycles. The van der Waals surface area contributed by atoms with E-state index in [1.54, 1.807) is 12.4 Å². The molecule has 1 aliphatic rings. The summed E-state index contributed by atoms with van der Waals surface area (Å²) in [7, 11) is -3.60. The van der Waals surface area contributed by atoms with Crippen LogP contribution in [0.15, 0.2) is 29.4 Å². The molecule has 0 N–H and O–H groups in total. The van der Waals surface area contributed by atoms with Crippen LogP contribution in [0, 0.1) is 0 Å². The van der Waals surface area contributed by atoms with E-state index in [0.717, 1.165) is 0 Å². The topological polar surface area (TPSA) is 68.1 Å². The molecule has 3 rings (SSSR count). The third-order valence-electron chi connectivity index (χ3n) is 3.40. The monoisotopic (exact) mass is 346 g/mol. The molecule has 0 atom stereocenters. The first-order valence-electron chi connectivity index (χ1n) is 6.23. The Kier molecular flexibility index (Phi) is 3.92. The second-order valence-electron chi connectivity index (χ2n) is 4.67. The number of hydrogen-bond donors (Lipinski definition) is 0. The number of alkyl halides is 1. The highest BCUT2D eigenvalue weighted by atomic mass is 35.5. The Labute approximate surface area is 132 Å². The zero-order valence-corrected chi connectivity index (χ0v) is 13.2. The van der Waals surface area contributed by atoms with E-state index in [1.807, 2.05) is 4.57 Å². The summed E-state index contributed by atoms with van der Waals surface area (Å²) in [5, 5.41) is 8.18. The van der Waals surface area contributed by atoms with Gasteiger partial charge in [0.15, 0.2) is 0 Å². The fourth-order valence-electron chi connectivity index (χ4n) is 2.21. The van der Waals surface area contributed by atoms with Gasteiger partial charge in [0, 0.05) is 24.0 Å². The highest BCUT2D eigenvalue weighted by Gasteiger charge is 2.29. The summed E-state index contributed by atoms with van der Waals surface area (Å²) < 4.78 is 28.6. The predicted molar refractivity (Wildman–Crippen MR) is 78.6 cm³/mol. The van der Waals surface area contributed by atoms with Crippen LogP contribution in [0.25, 0.3) is 0 Å². The van der Waals surface area contributed by atoms with Crippen molar-refractivity contribution in [1.29, 1.82) is 0 Å². The van der Waals surface area contributed by atoms with Gasteiger partial charge in [-0.2, -0.15) is 4.31 Å². The number of hydrogen-bond acceptors (Lipinski definition) is 4. The third-order valence-corrected chi connectivity index (χ3v) is 5.90. The van der Waals surface area contributed by atoms with Gasteiger partial charge in [0.2, 0.25) is 10.0 Å². The highest BCUT2D eigenvalue weighted by Crippen LogP contribution is 2.25. The minimum atomic E-state index is -3.60. The smallest absolute Gasteiger partial charge is 0.243 e. The molecule has 2 aromatic rings. The van der Waals surface area contributed by atoms with E-state index in [4.69, 9.17) is 23.2 Å². The molecule has 0 unspecified atom stereocenters. The van der Waals surface area contributed by atoms with Gasteiger partial charge in [-0.1, -0.05) is 11.6 Å². The van der Waals surface area contributed by atoms with Crippen molar-refractivity contribution in [2.45, 2.75) is 23.9 Å². The van der Waals surface area contributed by atoms with Crippen LogP contribution in [0.5, 0.6) is 0 Å². The maximum absolute atomic E-state index is 12.7. The van der Waals surface area contributed by atoms with Crippen LogP contribution < -0.4 is 0 Å². The van der Waals surface area contributed by atoms with E-state index >= 15 is 0 Å². The second kappa shape index (κ2) is 5.57. The van der Waals surface area contributed by atoms with E-state index in [-0.39, 0.29) is 17.3 Å². The minimum Gasteiger partial charge on any atom is -0.315 e. The van der Waals surface area contributed by atoms with E-state index in [2.05, 4.69) is 10.2 Å². The van der Waals surface area contributed by atoms with Crippen LogP contribution in [0.4, 0.5) is 0 Å². The van der Waals surface area contributed by atoms with Gasteiger partial charge in [-0.25, -0.2) is 8.42 Å². The van der Waals surface area contributed by atoms with Gasteiger partial charge in [0.1, 0.15) is 12.2 Å². The zero-order valence-electron chi connectivity index (χ0n) is 10.9. The molecule has 0 radical (unpaired) electrons. The lowest BCUT2D eigenvalue weighted by Gasteiger charge is -2.26. The number of aromatic nitrogens is 3. The molecule has 0 bridgehead atoms. The van der Waals surface area contributed by atoms with Crippen molar-refractivity contribution in [3.05, 3.63) is 40.9 Å². The summed E-state index contributed by atoms with van der Waals surface area (Å²) in [5.74, 6) is 0.799. The zero-order chi connectivity index (χ0) is 15.0. The molecular weight excluding hydrogens is 335 g/mol. The van der Waals surface area contributed by atoms with Gasteiger partial charge in [-0.05, 0) is 23.8 Å². The third kappa shape index (κ3) is 2.66. The Bertz CT molecular complexity index is 775. The summed E-state index contributed by atoms with van der Waals surface area (Å²) in [6, 6.07) is 4.57. The van der Waals surface area contributed by atoms with Crippen LogP contribution in [0.2, 0.25) is 5.02 Å². The van der Waals surface area contributed by atoms with Gasteiger partial charge in [0.25, 0.3) is 0 Å². The molecule has 0 aliphatic carbocycles. The first-order chi connectivity index (χ1) is 10.0. The molecule has 1 aliphatic heterocycles. The number of sulfonamides is 1. The lowest BCUT2D eigenvalue weighted by atomic mass is 10.2. The van der Waals surface area contributed by atoms with E-state index in [9.17, 15) is 8.42 Å². The van der Waals surface area contributed by atoms with Crippen LogP contribution in [-0.4, -0.2) is 34.0 Å². The van der Waals surface area contributed by atoms with Crippen molar-refractivity contribution in [1.82, 2.24) is 19.1 Å². The van der Waals surface area contributed by atoms with Crippen LogP contribution in [-0.2, 0) is 29.0 Å². The van der Waals surface area contributed by atoms with Gasteiger partial charge in [0.05, 0.1) is 11.4 Å². The molecule has 1 aromatic heterocycles. The molecule has 112 valence electrons. The van der Waals surface area contributed by atoms with Crippen LogP contribution >= 0.6 is 23.2 Å². The Morgan fingerprint density at radius 3 is 2.86 bits per heavy atom. The maximum Gasteiger partial charge on any atom is 0.243 e. The maximum atomic E-state index is 12.7. The second-order valence-corrected chi connectivity index (χ2v) is 7.28. The summed E-state index contributed by atoms with van der Waals surface area (Å²) in [5.41, 5.74) is 0.597. The molecule has 6 nitrogen and oxygen atoms in total. The first-order valence-corrected chi connectivity index (χ1v) is 8.59. The first kappa shape index (κ1) is 14.8. The number of rotatable bonds is 3. The molecule has 0 fully saturated rings. The summed E-state index contributed by atoms with van der Waals surface area (Å²) in [4.78, 5) is 0.190. The van der Waals surface area contributed by atoms with Crippen molar-refractivity contribution in [2.75, 3.05) is 6.54 Å². The molecule has 2 heterocycles. The van der Waals surface area contributed by atoms with E-state index in [0.29, 0.717) is 29.5 Å². The molecule has 1 aromatic carbocycles. The van der Waals surface area contributed by atoms with E-state index in [1.165, 1.54) is 16.4 Å². The molecule has 0 amide bonds. The number of fused-ring (bicyclic) bond motifs is 1. The number of benzene rings is 1. The Hall–Kier alpha value is -1.15. The Morgan fingerprint density at radius 1 is 1.29 bits per heavy atom. The molecule has 0 saturated heterocycles. The van der Waals surface area contributed by atoms with E-state index < -0.39 is 10.0 Å². The van der Waals surface area contributed by atoms with Gasteiger partial charge in [-0.3, -0.25) is 0 Å². The number of halogens is 2. The van der Waals surface area contributed by atoms with Gasteiger partial charge in [-0.15, -0.1) is 21.8 Å². The van der Waals surface area contributed by atoms with Crippen molar-refractivity contribution in [3.8, 4) is 0 Å². The van der Waals surface area contributed by atoms with Crippen molar-refractivity contribution >= 4 is 33.2 Å². The van der Waals surface area contributed by atoms with Crippen LogP contribution in [0.3, 0.4) is 0 Å². The fourth-order valence-corrected chi connectivity index (χ4v) is 4.12. The predicted octanol–water partition coefficient (Wildman–Crippen LogP) is 1.87. The minimum absolute atomic E-state index is 0.163. The van der Waals surface area contributed by atoms with Crippen molar-refractivity contribution in [3.63, 3.8) is 0 Å². The summed E-state index contributed by atoms with van der Waals surface area (Å²) in [6.07, 6.45) is 1.60. The average molecular weight is 347 g/mol. The van der Waals surface area contributed by atoms with Crippen molar-refractivity contribution < 1.29 is 8.42 Å². The largest absolute Gasteiger partial charge is 0.315 e.